The molecule has 23 heavy (non-hydrogen) atoms. The summed E-state index contributed by atoms with van der Waals surface area (Å²) in [6, 6.07) is -0.933. The highest BCUT2D eigenvalue weighted by molar-refractivity contribution is 5.93. The molecule has 0 aromatic heterocycles. The van der Waals surface area contributed by atoms with Crippen molar-refractivity contribution in [1.82, 2.24) is 10.6 Å². The Hall–Kier alpha value is -1.62. The average molecular weight is 324 g/mol. The molecule has 0 radical (unpaired) electrons. The minimum atomic E-state index is -0.946. The lowest BCUT2D eigenvalue weighted by atomic mass is 10.1. The number of hydrogen-bond donors (Lipinski definition) is 3. The first-order chi connectivity index (χ1) is 11.0. The van der Waals surface area contributed by atoms with E-state index in [-0.39, 0.29) is 5.91 Å². The lowest BCUT2D eigenvalue weighted by molar-refractivity contribution is -0.129. The molecule has 5 nitrogen and oxygen atoms in total. The Balaban J connectivity index is 4.13. The fourth-order valence-corrected chi connectivity index (χ4v) is 2.09. The summed E-state index contributed by atoms with van der Waals surface area (Å²) in [7, 11) is 0. The molecule has 0 saturated heterocycles. The van der Waals surface area contributed by atoms with Crippen LogP contribution < -0.4 is 10.6 Å². The van der Waals surface area contributed by atoms with Gasteiger partial charge in [0.15, 0.2) is 0 Å². The van der Waals surface area contributed by atoms with Crippen LogP contribution in [0, 0.1) is 0 Å². The monoisotopic (exact) mass is 324 g/mol. The molecule has 0 saturated carbocycles. The molecule has 0 rings (SSSR count). The maximum Gasteiger partial charge on any atom is 0.245 e. The fraction of sp³-hybridized carbons (Fsp3) is 0.667. The molecule has 5 heteroatoms. The van der Waals surface area contributed by atoms with Crippen LogP contribution in [-0.2, 0) is 9.59 Å². The highest BCUT2D eigenvalue weighted by Gasteiger charge is 2.24. The van der Waals surface area contributed by atoms with Crippen LogP contribution in [0.15, 0.2) is 24.3 Å². The van der Waals surface area contributed by atoms with Crippen LogP contribution in [0.3, 0.4) is 0 Å². The van der Waals surface area contributed by atoms with E-state index in [0.29, 0.717) is 6.54 Å². The summed E-state index contributed by atoms with van der Waals surface area (Å²) in [6.45, 7) is 6.08. The van der Waals surface area contributed by atoms with Gasteiger partial charge in [0.05, 0.1) is 6.10 Å². The van der Waals surface area contributed by atoms with Gasteiger partial charge in [-0.2, -0.15) is 0 Å². The average Bonchev–Trinajstić information content (AvgIpc) is 2.51. The van der Waals surface area contributed by atoms with Crippen molar-refractivity contribution in [3.05, 3.63) is 24.3 Å². The molecule has 0 aliphatic heterocycles. The summed E-state index contributed by atoms with van der Waals surface area (Å²) in [5.41, 5.74) is 0. The van der Waals surface area contributed by atoms with Crippen molar-refractivity contribution in [2.45, 2.75) is 71.4 Å². The van der Waals surface area contributed by atoms with E-state index in [2.05, 4.69) is 17.6 Å². The minimum absolute atomic E-state index is 0.346. The quantitative estimate of drug-likeness (QED) is 0.293. The van der Waals surface area contributed by atoms with Crippen molar-refractivity contribution >= 4 is 11.8 Å². The lowest BCUT2D eigenvalue weighted by Crippen LogP contribution is -2.52. The van der Waals surface area contributed by atoms with E-state index >= 15 is 0 Å². The zero-order valence-corrected chi connectivity index (χ0v) is 14.7. The summed E-state index contributed by atoms with van der Waals surface area (Å²) < 4.78 is 0. The minimum Gasteiger partial charge on any atom is -0.391 e. The molecule has 0 unspecified atom stereocenters. The van der Waals surface area contributed by atoms with Gasteiger partial charge < -0.3 is 15.7 Å². The van der Waals surface area contributed by atoms with E-state index in [4.69, 9.17) is 0 Å². The van der Waals surface area contributed by atoms with Gasteiger partial charge in [0.2, 0.25) is 11.8 Å². The van der Waals surface area contributed by atoms with Crippen molar-refractivity contribution in [3.8, 4) is 0 Å². The van der Waals surface area contributed by atoms with Crippen molar-refractivity contribution in [1.29, 1.82) is 0 Å². The Morgan fingerprint density at radius 2 is 1.74 bits per heavy atom. The number of aliphatic hydroxyl groups excluding tert-OH is 1. The number of rotatable bonds is 12. The van der Waals surface area contributed by atoms with Crippen LogP contribution in [0.1, 0.15) is 59.3 Å². The zero-order valence-electron chi connectivity index (χ0n) is 14.7. The maximum absolute atomic E-state index is 12.1. The zero-order chi connectivity index (χ0) is 17.5. The molecule has 132 valence electrons. The predicted molar refractivity (Wildman–Crippen MR) is 94.0 cm³/mol. The molecule has 0 heterocycles. The van der Waals surface area contributed by atoms with E-state index in [9.17, 15) is 14.7 Å². The second kappa shape index (κ2) is 14.0. The largest absolute Gasteiger partial charge is 0.391 e. The third kappa shape index (κ3) is 11.6. The molecule has 0 aliphatic rings. The highest BCUT2D eigenvalue weighted by atomic mass is 16.3. The number of aliphatic hydroxyl groups is 1. The molecular formula is C18H32N2O3. The van der Waals surface area contributed by atoms with Gasteiger partial charge in [-0.25, -0.2) is 0 Å². The number of amides is 2. The second-order valence-corrected chi connectivity index (χ2v) is 5.67. The Kier molecular flexibility index (Phi) is 13.0. The standard InChI is InChI=1S/C18H32N2O3/c1-4-6-8-9-10-12-14-19-18(23)17(15(3)21)20-16(22)13-11-7-5-2/h5,7,11,13,15,17,21H,4,6,8-10,12,14H2,1-3H3,(H,19,23)(H,20,22)/t15-,17+/m1/s1. The van der Waals surface area contributed by atoms with Crippen LogP contribution in [0.4, 0.5) is 0 Å². The summed E-state index contributed by atoms with van der Waals surface area (Å²) in [4.78, 5) is 23.8. The van der Waals surface area contributed by atoms with Crippen LogP contribution in [0.5, 0.6) is 0 Å². The topological polar surface area (TPSA) is 78.4 Å². The van der Waals surface area contributed by atoms with Gasteiger partial charge in [0.1, 0.15) is 6.04 Å². The van der Waals surface area contributed by atoms with E-state index < -0.39 is 18.1 Å². The van der Waals surface area contributed by atoms with Crippen LogP contribution in [0.2, 0.25) is 0 Å². The number of hydrogen-bond acceptors (Lipinski definition) is 3. The van der Waals surface area contributed by atoms with E-state index in [1.165, 1.54) is 38.7 Å². The Bertz CT molecular complexity index is 390. The Morgan fingerprint density at radius 1 is 1.09 bits per heavy atom. The number of nitrogens with one attached hydrogen (secondary N) is 2. The van der Waals surface area contributed by atoms with E-state index in [1.807, 2.05) is 6.92 Å². The lowest BCUT2D eigenvalue weighted by Gasteiger charge is -2.20. The summed E-state index contributed by atoms with van der Waals surface area (Å²) in [6.07, 6.45) is 12.4. The predicted octanol–water partition coefficient (Wildman–Crippen LogP) is 2.46. The second-order valence-electron chi connectivity index (χ2n) is 5.67. The van der Waals surface area contributed by atoms with Gasteiger partial charge in [0, 0.05) is 12.6 Å². The van der Waals surface area contributed by atoms with Gasteiger partial charge in [-0.1, -0.05) is 57.3 Å². The third-order valence-electron chi connectivity index (χ3n) is 3.44. The number of allylic oxidation sites excluding steroid dienone is 3. The van der Waals surface area contributed by atoms with E-state index in [0.717, 1.165) is 12.8 Å². The van der Waals surface area contributed by atoms with Crippen molar-refractivity contribution in [2.24, 2.45) is 0 Å². The molecule has 0 bridgehead atoms. The number of carbonyl (C=O) groups is 2. The molecule has 3 N–H and O–H groups in total. The maximum atomic E-state index is 12.1. The molecule has 2 atom stereocenters. The van der Waals surface area contributed by atoms with E-state index in [1.54, 1.807) is 18.2 Å². The number of carbonyl (C=O) groups excluding carboxylic acids is 2. The van der Waals surface area contributed by atoms with Crippen molar-refractivity contribution < 1.29 is 14.7 Å². The molecule has 0 fully saturated rings. The summed E-state index contributed by atoms with van der Waals surface area (Å²) in [5.74, 6) is -0.745. The van der Waals surface area contributed by atoms with Crippen molar-refractivity contribution in [3.63, 3.8) is 0 Å². The van der Waals surface area contributed by atoms with Gasteiger partial charge in [-0.05, 0) is 20.3 Å². The Morgan fingerprint density at radius 3 is 2.35 bits per heavy atom. The van der Waals surface area contributed by atoms with Gasteiger partial charge in [-0.15, -0.1) is 0 Å². The molecule has 0 aromatic rings. The molecular weight excluding hydrogens is 292 g/mol. The van der Waals surface area contributed by atoms with Gasteiger partial charge in [0.25, 0.3) is 0 Å². The SMILES string of the molecule is CC=CC=CC(=O)N[C@H](C(=O)NCCCCCCCC)[C@@H](C)O. The molecule has 0 aromatic carbocycles. The fourth-order valence-electron chi connectivity index (χ4n) is 2.09. The third-order valence-corrected chi connectivity index (χ3v) is 3.44. The first-order valence-electron chi connectivity index (χ1n) is 8.58. The van der Waals surface area contributed by atoms with Crippen LogP contribution in [-0.4, -0.2) is 35.6 Å². The first-order valence-corrected chi connectivity index (χ1v) is 8.58. The summed E-state index contributed by atoms with van der Waals surface area (Å²) >= 11 is 0. The molecule has 2 amide bonds. The van der Waals surface area contributed by atoms with Crippen LogP contribution >= 0.6 is 0 Å². The summed E-state index contributed by atoms with van der Waals surface area (Å²) in [5, 5.41) is 15.0. The van der Waals surface area contributed by atoms with Crippen molar-refractivity contribution in [2.75, 3.05) is 6.54 Å². The Labute approximate surface area is 140 Å². The van der Waals surface area contributed by atoms with Gasteiger partial charge >= 0.3 is 0 Å². The smallest absolute Gasteiger partial charge is 0.245 e. The van der Waals surface area contributed by atoms with Gasteiger partial charge in [-0.3, -0.25) is 9.59 Å². The highest BCUT2D eigenvalue weighted by Crippen LogP contribution is 2.04. The molecule has 0 aliphatic carbocycles. The van der Waals surface area contributed by atoms with Crippen LogP contribution in [0.25, 0.3) is 0 Å². The normalized spacial score (nSPS) is 14.1. The number of unbranched alkanes of at least 4 members (excludes halogenated alkanes) is 5. The molecule has 0 spiro atoms. The first kappa shape index (κ1) is 21.4.